The number of unbranched alkanes of at least 4 members (excludes halogenated alkanes) is 4. The van der Waals surface area contributed by atoms with Crippen LogP contribution in [0.15, 0.2) is 47.2 Å². The molecule has 2 unspecified atom stereocenters. The molecule has 210 valence electrons. The fraction of sp³-hybridized carbons (Fsp3) is 0.697. The maximum Gasteiger partial charge on any atom is 0.119 e. The Kier molecular flexibility index (Phi) is 10.2. The Balaban J connectivity index is 0.954. The average Bonchev–Trinajstić information content (AvgIpc) is 3.70. The number of piperidine rings is 3. The molecule has 5 heteroatoms. The van der Waals surface area contributed by atoms with Crippen LogP contribution in [0.1, 0.15) is 89.0 Å². The van der Waals surface area contributed by atoms with Gasteiger partial charge in [0, 0.05) is 31.8 Å². The minimum atomic E-state index is -0.595. The first kappa shape index (κ1) is 28.1. The fourth-order valence-corrected chi connectivity index (χ4v) is 8.32. The number of rotatable bonds is 16. The molecule has 0 spiro atoms. The molecular weight excluding hydrogens is 490 g/mol. The van der Waals surface area contributed by atoms with Crippen LogP contribution in [0.3, 0.4) is 0 Å². The first-order valence-corrected chi connectivity index (χ1v) is 16.5. The van der Waals surface area contributed by atoms with E-state index in [1.807, 2.05) is 30.3 Å². The number of hydrogen-bond acceptors (Lipinski definition) is 4. The van der Waals surface area contributed by atoms with E-state index in [0.717, 1.165) is 44.1 Å². The number of quaternary nitrogens is 1. The topological polar surface area (TPSA) is 38.7 Å². The highest BCUT2D eigenvalue weighted by atomic mass is 32.1. The monoisotopic (exact) mass is 540 g/mol. The maximum absolute atomic E-state index is 11.6. The highest BCUT2D eigenvalue weighted by Crippen LogP contribution is 2.44. The van der Waals surface area contributed by atoms with E-state index >= 15 is 0 Å². The molecule has 6 rings (SSSR count). The molecule has 0 amide bonds. The minimum Gasteiger partial charge on any atom is -0.493 e. The number of aliphatic hydroxyl groups is 1. The van der Waals surface area contributed by atoms with Gasteiger partial charge in [-0.15, -0.1) is 0 Å². The quantitative estimate of drug-likeness (QED) is 0.176. The van der Waals surface area contributed by atoms with Crippen LogP contribution in [0.2, 0.25) is 0 Å². The molecule has 2 bridgehead atoms. The SMILES string of the molecule is OC(CCCCCCCOC1C[N+]2(CCCOc3ccccc3)CCC1CC2)(c1ccsc1)C1CCCC1. The fourth-order valence-electron chi connectivity index (χ4n) is 7.59. The number of ether oxygens (including phenoxy) is 2. The summed E-state index contributed by atoms with van der Waals surface area (Å²) >= 11 is 1.72. The molecule has 4 nitrogen and oxygen atoms in total. The molecule has 1 saturated carbocycles. The predicted octanol–water partition coefficient (Wildman–Crippen LogP) is 7.56. The lowest BCUT2D eigenvalue weighted by Gasteiger charge is -2.52. The van der Waals surface area contributed by atoms with Crippen molar-refractivity contribution in [3.05, 3.63) is 52.7 Å². The van der Waals surface area contributed by atoms with Gasteiger partial charge in [-0.3, -0.25) is 0 Å². The third-order valence-corrected chi connectivity index (χ3v) is 10.6. The van der Waals surface area contributed by atoms with Crippen LogP contribution < -0.4 is 4.74 Å². The molecule has 2 atom stereocenters. The summed E-state index contributed by atoms with van der Waals surface area (Å²) in [5, 5.41) is 15.9. The lowest BCUT2D eigenvalue weighted by Crippen LogP contribution is -2.64. The van der Waals surface area contributed by atoms with E-state index in [-0.39, 0.29) is 0 Å². The van der Waals surface area contributed by atoms with Gasteiger partial charge in [0.15, 0.2) is 0 Å². The van der Waals surface area contributed by atoms with E-state index in [1.165, 1.54) is 100 Å². The molecule has 1 aromatic carbocycles. The van der Waals surface area contributed by atoms with Crippen LogP contribution in [0.5, 0.6) is 5.75 Å². The van der Waals surface area contributed by atoms with E-state index in [2.05, 4.69) is 16.8 Å². The molecule has 38 heavy (non-hydrogen) atoms. The van der Waals surface area contributed by atoms with Crippen molar-refractivity contribution in [3.63, 3.8) is 0 Å². The summed E-state index contributed by atoms with van der Waals surface area (Å²) in [7, 11) is 0. The number of thiophene rings is 1. The summed E-state index contributed by atoms with van der Waals surface area (Å²) in [6.07, 6.45) is 16.1. The second-order valence-electron chi connectivity index (χ2n) is 12.4. The second kappa shape index (κ2) is 13.8. The van der Waals surface area contributed by atoms with Gasteiger partial charge in [-0.25, -0.2) is 0 Å². The van der Waals surface area contributed by atoms with Crippen LogP contribution in [0.4, 0.5) is 0 Å². The lowest BCUT2D eigenvalue weighted by atomic mass is 9.77. The highest BCUT2D eigenvalue weighted by Gasteiger charge is 2.46. The molecule has 2 aromatic rings. The Morgan fingerprint density at radius 3 is 2.39 bits per heavy atom. The normalized spacial score (nSPS) is 27.0. The van der Waals surface area contributed by atoms with Crippen molar-refractivity contribution < 1.29 is 19.1 Å². The van der Waals surface area contributed by atoms with Crippen LogP contribution in [0.25, 0.3) is 0 Å². The first-order valence-electron chi connectivity index (χ1n) is 15.6. The Bertz CT molecular complexity index is 921. The second-order valence-corrected chi connectivity index (χ2v) is 13.2. The Morgan fingerprint density at radius 2 is 1.63 bits per heavy atom. The first-order chi connectivity index (χ1) is 18.7. The van der Waals surface area contributed by atoms with Gasteiger partial charge in [-0.1, -0.05) is 56.7 Å². The number of para-hydroxylation sites is 1. The molecule has 1 N–H and O–H groups in total. The van der Waals surface area contributed by atoms with Gasteiger partial charge in [0.2, 0.25) is 0 Å². The molecule has 4 heterocycles. The predicted molar refractivity (Wildman–Crippen MR) is 157 cm³/mol. The molecule has 1 aliphatic carbocycles. The third-order valence-electron chi connectivity index (χ3n) is 9.92. The van der Waals surface area contributed by atoms with Gasteiger partial charge in [0.25, 0.3) is 0 Å². The molecule has 4 aliphatic rings. The largest absolute Gasteiger partial charge is 0.493 e. The highest BCUT2D eigenvalue weighted by molar-refractivity contribution is 7.08. The van der Waals surface area contributed by atoms with Crippen LogP contribution in [0, 0.1) is 11.8 Å². The van der Waals surface area contributed by atoms with Crippen LogP contribution in [-0.4, -0.2) is 55.1 Å². The van der Waals surface area contributed by atoms with Gasteiger partial charge in [-0.2, -0.15) is 11.3 Å². The van der Waals surface area contributed by atoms with E-state index in [4.69, 9.17) is 9.47 Å². The van der Waals surface area contributed by atoms with Crippen molar-refractivity contribution in [2.75, 3.05) is 39.4 Å². The van der Waals surface area contributed by atoms with Crippen LogP contribution >= 0.6 is 11.3 Å². The molecule has 0 radical (unpaired) electrons. The third kappa shape index (κ3) is 7.21. The van der Waals surface area contributed by atoms with Gasteiger partial charge >= 0.3 is 0 Å². The minimum absolute atomic E-state index is 0.453. The molecule has 3 saturated heterocycles. The maximum atomic E-state index is 11.6. The van der Waals surface area contributed by atoms with Gasteiger partial charge in [0.05, 0.1) is 31.8 Å². The van der Waals surface area contributed by atoms with Crippen molar-refractivity contribution in [1.29, 1.82) is 0 Å². The smallest absolute Gasteiger partial charge is 0.119 e. The van der Waals surface area contributed by atoms with Crippen molar-refractivity contribution in [2.45, 2.75) is 95.2 Å². The van der Waals surface area contributed by atoms with E-state index < -0.39 is 5.60 Å². The number of fused-ring (bicyclic) bond motifs is 3. The van der Waals surface area contributed by atoms with E-state index in [0.29, 0.717) is 12.0 Å². The average molecular weight is 541 g/mol. The standard InChI is InChI=1S/C33H50NO3S/c35-33(29-12-7-8-13-29,30-18-25-38-27-30)19-9-2-1-3-10-23-37-32-26-34(21-16-28(32)17-22-34)20-11-24-36-31-14-5-4-6-15-31/h4-6,14-15,18,25,27-29,32,35H,1-3,7-13,16-17,19-24,26H2/q+1. The van der Waals surface area contributed by atoms with Crippen molar-refractivity contribution >= 4 is 11.3 Å². The van der Waals surface area contributed by atoms with E-state index in [1.54, 1.807) is 11.3 Å². The zero-order chi connectivity index (χ0) is 26.1. The summed E-state index contributed by atoms with van der Waals surface area (Å²) < 4.78 is 13.7. The lowest BCUT2D eigenvalue weighted by molar-refractivity contribution is -0.946. The molecule has 4 fully saturated rings. The van der Waals surface area contributed by atoms with Gasteiger partial charge in [0.1, 0.15) is 18.4 Å². The summed E-state index contributed by atoms with van der Waals surface area (Å²) in [6.45, 7) is 6.81. The Hall–Kier alpha value is -1.40. The molecule has 3 aliphatic heterocycles. The number of hydrogen-bond donors (Lipinski definition) is 1. The van der Waals surface area contributed by atoms with Gasteiger partial charge in [-0.05, 0) is 66.1 Å². The zero-order valence-corrected chi connectivity index (χ0v) is 24.2. The number of nitrogens with zero attached hydrogens (tertiary/aromatic N) is 1. The van der Waals surface area contributed by atoms with Gasteiger partial charge < -0.3 is 19.1 Å². The van der Waals surface area contributed by atoms with Crippen molar-refractivity contribution in [1.82, 2.24) is 0 Å². The van der Waals surface area contributed by atoms with Crippen molar-refractivity contribution in [2.24, 2.45) is 11.8 Å². The van der Waals surface area contributed by atoms with E-state index in [9.17, 15) is 5.11 Å². The zero-order valence-electron chi connectivity index (χ0n) is 23.4. The summed E-state index contributed by atoms with van der Waals surface area (Å²) in [5.41, 5.74) is 0.575. The summed E-state index contributed by atoms with van der Waals surface area (Å²) in [6, 6.07) is 12.4. The van der Waals surface area contributed by atoms with Crippen LogP contribution in [-0.2, 0) is 10.3 Å². The Labute approximate surface area is 234 Å². The summed E-state index contributed by atoms with van der Waals surface area (Å²) in [4.78, 5) is 0. The molecule has 1 aromatic heterocycles. The van der Waals surface area contributed by atoms with Crippen molar-refractivity contribution in [3.8, 4) is 5.75 Å². The summed E-state index contributed by atoms with van der Waals surface area (Å²) in [5.74, 6) is 2.22. The number of benzene rings is 1. The molecular formula is C33H50NO3S+. The Morgan fingerprint density at radius 1 is 0.868 bits per heavy atom.